The van der Waals surface area contributed by atoms with Crippen molar-refractivity contribution in [3.05, 3.63) is 77.9 Å². The van der Waals surface area contributed by atoms with Crippen LogP contribution in [0.3, 0.4) is 0 Å². The third kappa shape index (κ3) is 5.62. The first kappa shape index (κ1) is 23.4. The van der Waals surface area contributed by atoms with Crippen molar-refractivity contribution in [3.63, 3.8) is 0 Å². The number of aryl methyl sites for hydroxylation is 2. The smallest absolute Gasteiger partial charge is 0.344 e. The Hall–Kier alpha value is -2.72. The third-order valence-corrected chi connectivity index (χ3v) is 7.50. The molecule has 1 aliphatic rings. The van der Waals surface area contributed by atoms with Crippen molar-refractivity contribution in [2.75, 3.05) is 6.61 Å². The highest BCUT2D eigenvalue weighted by Crippen LogP contribution is 2.39. The second kappa shape index (κ2) is 10.5. The van der Waals surface area contributed by atoms with E-state index in [1.165, 1.54) is 16.0 Å². The highest BCUT2D eigenvalue weighted by atomic mass is 32.2. The van der Waals surface area contributed by atoms with Crippen LogP contribution in [0.15, 0.2) is 76.5 Å². The van der Waals surface area contributed by atoms with E-state index in [1.54, 1.807) is 11.8 Å². The quantitative estimate of drug-likeness (QED) is 0.322. The Morgan fingerprint density at radius 1 is 0.939 bits per heavy atom. The second-order valence-corrected chi connectivity index (χ2v) is 9.97. The van der Waals surface area contributed by atoms with Gasteiger partial charge in [0.1, 0.15) is 11.4 Å². The van der Waals surface area contributed by atoms with E-state index in [9.17, 15) is 4.79 Å². The van der Waals surface area contributed by atoms with Crippen molar-refractivity contribution in [3.8, 4) is 16.9 Å². The summed E-state index contributed by atoms with van der Waals surface area (Å²) in [5.41, 5.74) is 4.19. The van der Waals surface area contributed by atoms with Gasteiger partial charge >= 0.3 is 5.97 Å². The van der Waals surface area contributed by atoms with Crippen molar-refractivity contribution in [2.45, 2.75) is 68.3 Å². The molecule has 4 rings (SSSR count). The molecule has 3 nitrogen and oxygen atoms in total. The SMILES string of the molecule is CCC1(OC(=O)COc2c(C)cc(Sc3ccccc3-c3ccccc3)cc2C)CCCC1. The monoisotopic (exact) mass is 460 g/mol. The minimum atomic E-state index is -0.281. The number of esters is 1. The van der Waals surface area contributed by atoms with Crippen LogP contribution in [0.25, 0.3) is 11.1 Å². The summed E-state index contributed by atoms with van der Waals surface area (Å²) in [6, 6.07) is 23.2. The molecule has 0 heterocycles. The Morgan fingerprint density at radius 2 is 1.58 bits per heavy atom. The predicted molar refractivity (Wildman–Crippen MR) is 135 cm³/mol. The lowest BCUT2D eigenvalue weighted by Crippen LogP contribution is -2.33. The van der Waals surface area contributed by atoms with Gasteiger partial charge in [-0.05, 0) is 86.4 Å². The summed E-state index contributed by atoms with van der Waals surface area (Å²) in [6.45, 7) is 6.11. The number of rotatable bonds is 8. The van der Waals surface area contributed by atoms with E-state index in [0.717, 1.165) is 53.9 Å². The van der Waals surface area contributed by atoms with Gasteiger partial charge in [-0.1, -0.05) is 67.2 Å². The van der Waals surface area contributed by atoms with Gasteiger partial charge in [-0.2, -0.15) is 0 Å². The minimum absolute atomic E-state index is 0.0488. The van der Waals surface area contributed by atoms with Gasteiger partial charge in [-0.15, -0.1) is 0 Å². The van der Waals surface area contributed by atoms with Gasteiger partial charge in [0.05, 0.1) is 0 Å². The van der Waals surface area contributed by atoms with Crippen LogP contribution in [0.5, 0.6) is 5.75 Å². The molecule has 1 aliphatic carbocycles. The van der Waals surface area contributed by atoms with E-state index in [0.29, 0.717) is 0 Å². The fraction of sp³-hybridized carbons (Fsp3) is 0.345. The summed E-state index contributed by atoms with van der Waals surface area (Å²) in [6.07, 6.45) is 5.06. The van der Waals surface area contributed by atoms with E-state index in [4.69, 9.17) is 9.47 Å². The van der Waals surface area contributed by atoms with E-state index < -0.39 is 0 Å². The fourth-order valence-corrected chi connectivity index (χ4v) is 5.85. The molecule has 0 aromatic heterocycles. The normalized spacial score (nSPS) is 14.8. The Bertz CT molecular complexity index is 1080. The Labute approximate surface area is 201 Å². The summed E-state index contributed by atoms with van der Waals surface area (Å²) < 4.78 is 11.8. The second-order valence-electron chi connectivity index (χ2n) is 8.86. The molecule has 3 aromatic carbocycles. The van der Waals surface area contributed by atoms with Gasteiger partial charge in [-0.3, -0.25) is 0 Å². The van der Waals surface area contributed by atoms with Gasteiger partial charge in [0.15, 0.2) is 6.61 Å². The molecule has 0 N–H and O–H groups in total. The lowest BCUT2D eigenvalue weighted by Gasteiger charge is -2.27. The average molecular weight is 461 g/mol. The molecule has 0 spiro atoms. The predicted octanol–water partition coefficient (Wildman–Crippen LogP) is 7.77. The topological polar surface area (TPSA) is 35.5 Å². The number of hydrogen-bond acceptors (Lipinski definition) is 4. The van der Waals surface area contributed by atoms with Gasteiger partial charge in [-0.25, -0.2) is 4.79 Å². The van der Waals surface area contributed by atoms with Crippen molar-refractivity contribution < 1.29 is 14.3 Å². The Kier molecular flexibility index (Phi) is 7.44. The summed E-state index contributed by atoms with van der Waals surface area (Å²) in [5, 5.41) is 0. The first-order valence-electron chi connectivity index (χ1n) is 11.8. The maximum Gasteiger partial charge on any atom is 0.344 e. The molecular formula is C29H32O3S. The highest BCUT2D eigenvalue weighted by molar-refractivity contribution is 7.99. The zero-order valence-electron chi connectivity index (χ0n) is 19.7. The molecule has 0 amide bonds. The number of hydrogen-bond donors (Lipinski definition) is 0. The largest absolute Gasteiger partial charge is 0.481 e. The number of benzene rings is 3. The summed E-state index contributed by atoms with van der Waals surface area (Å²) in [5.74, 6) is 0.498. The Morgan fingerprint density at radius 3 is 2.24 bits per heavy atom. The minimum Gasteiger partial charge on any atom is -0.481 e. The number of carbonyl (C=O) groups is 1. The summed E-state index contributed by atoms with van der Waals surface area (Å²) >= 11 is 1.75. The molecule has 1 fully saturated rings. The fourth-order valence-electron chi connectivity index (χ4n) is 4.69. The molecule has 0 aliphatic heterocycles. The van der Waals surface area contributed by atoms with Crippen molar-refractivity contribution in [1.82, 2.24) is 0 Å². The third-order valence-electron chi connectivity index (χ3n) is 6.46. The van der Waals surface area contributed by atoms with Gasteiger partial charge in [0.25, 0.3) is 0 Å². The van der Waals surface area contributed by atoms with Crippen LogP contribution in [0.4, 0.5) is 0 Å². The molecule has 0 bridgehead atoms. The standard InChI is InChI=1S/C29H32O3S/c1-4-29(16-10-11-17-29)32-27(30)20-31-28-21(2)18-24(19-22(28)3)33-26-15-9-8-14-25(26)23-12-6-5-7-13-23/h5-9,12-15,18-19H,4,10-11,16-17,20H2,1-3H3. The maximum absolute atomic E-state index is 12.5. The summed E-state index contributed by atoms with van der Waals surface area (Å²) in [7, 11) is 0. The van der Waals surface area contributed by atoms with E-state index in [-0.39, 0.29) is 18.2 Å². The molecule has 3 aromatic rings. The number of carbonyl (C=O) groups excluding carboxylic acids is 1. The molecule has 4 heteroatoms. The Balaban J connectivity index is 1.46. The van der Waals surface area contributed by atoms with Gasteiger partial charge in [0, 0.05) is 9.79 Å². The van der Waals surface area contributed by atoms with Crippen LogP contribution in [0, 0.1) is 13.8 Å². The lowest BCUT2D eigenvalue weighted by molar-refractivity contribution is -0.162. The molecule has 33 heavy (non-hydrogen) atoms. The molecule has 0 saturated heterocycles. The zero-order chi connectivity index (χ0) is 23.3. The van der Waals surface area contributed by atoms with E-state index in [2.05, 4.69) is 67.6 Å². The van der Waals surface area contributed by atoms with Crippen LogP contribution in [-0.2, 0) is 9.53 Å². The van der Waals surface area contributed by atoms with Crippen molar-refractivity contribution >= 4 is 17.7 Å². The molecule has 1 saturated carbocycles. The van der Waals surface area contributed by atoms with Gasteiger partial charge < -0.3 is 9.47 Å². The molecular weight excluding hydrogens is 428 g/mol. The summed E-state index contributed by atoms with van der Waals surface area (Å²) in [4.78, 5) is 14.8. The maximum atomic E-state index is 12.5. The lowest BCUT2D eigenvalue weighted by atomic mass is 9.99. The van der Waals surface area contributed by atoms with E-state index in [1.807, 2.05) is 19.9 Å². The van der Waals surface area contributed by atoms with Crippen LogP contribution < -0.4 is 4.74 Å². The molecule has 0 atom stereocenters. The highest BCUT2D eigenvalue weighted by Gasteiger charge is 2.35. The first-order valence-corrected chi connectivity index (χ1v) is 12.6. The van der Waals surface area contributed by atoms with Crippen molar-refractivity contribution in [1.29, 1.82) is 0 Å². The van der Waals surface area contributed by atoms with Crippen molar-refractivity contribution in [2.24, 2.45) is 0 Å². The molecule has 0 unspecified atom stereocenters. The van der Waals surface area contributed by atoms with Crippen LogP contribution in [-0.4, -0.2) is 18.2 Å². The van der Waals surface area contributed by atoms with E-state index >= 15 is 0 Å². The molecule has 0 radical (unpaired) electrons. The first-order chi connectivity index (χ1) is 16.0. The number of ether oxygens (including phenoxy) is 2. The van der Waals surface area contributed by atoms with Crippen LogP contribution >= 0.6 is 11.8 Å². The molecule has 172 valence electrons. The zero-order valence-corrected chi connectivity index (χ0v) is 20.5. The average Bonchev–Trinajstić information content (AvgIpc) is 3.28. The van der Waals surface area contributed by atoms with Crippen LogP contribution in [0.1, 0.15) is 50.2 Å². The van der Waals surface area contributed by atoms with Crippen LogP contribution in [0.2, 0.25) is 0 Å². The van der Waals surface area contributed by atoms with Gasteiger partial charge in [0.2, 0.25) is 0 Å².